The van der Waals surface area contributed by atoms with Crippen LogP contribution in [0.3, 0.4) is 0 Å². The Hall–Kier alpha value is 2.12. The molecule has 0 radical (unpaired) electrons. The average Bonchev–Trinajstić information content (AvgIpc) is 2.48. The molecule has 1 atom stereocenters. The molecule has 0 rings (SSSR count). The summed E-state index contributed by atoms with van der Waals surface area (Å²) < 4.78 is 31.2. The molecule has 0 spiro atoms. The van der Waals surface area contributed by atoms with Gasteiger partial charge in [0.2, 0.25) is 0 Å². The number of carbonyl (C=O) groups excluding carboxylic acids is 2. The predicted molar refractivity (Wildman–Crippen MR) is 89.9 cm³/mol. The Balaban J connectivity index is -0.00000288. The van der Waals surface area contributed by atoms with Crippen LogP contribution in [0.15, 0.2) is 0 Å². The van der Waals surface area contributed by atoms with Crippen molar-refractivity contribution in [1.29, 1.82) is 0 Å². The van der Waals surface area contributed by atoms with E-state index in [1.165, 1.54) is 0 Å². The summed E-state index contributed by atoms with van der Waals surface area (Å²) in [7, 11) is -5.25. The normalized spacial score (nSPS) is 13.8. The van der Waals surface area contributed by atoms with E-state index in [-0.39, 0.29) is 135 Å². The first-order chi connectivity index (χ1) is 11.6. The molecule has 0 aliphatic rings. The van der Waals surface area contributed by atoms with Crippen LogP contribution in [0.2, 0.25) is 0 Å². The SMILES string of the molecule is CCCCCCCC(C(=O)[O-])(C(CCC)(CCC)C(=O)[O-])S(=O)(=O)O.[K+].[K+]. The molecule has 0 aromatic carbocycles. The Kier molecular flexibility index (Phi) is 19.8. The van der Waals surface area contributed by atoms with Crippen LogP contribution < -0.4 is 113 Å². The third kappa shape index (κ3) is 8.29. The molecule has 0 aliphatic heterocycles. The third-order valence-corrected chi connectivity index (χ3v) is 6.56. The van der Waals surface area contributed by atoms with Crippen LogP contribution in [-0.4, -0.2) is 29.7 Å². The Bertz CT molecular complexity index is 545. The van der Waals surface area contributed by atoms with Gasteiger partial charge in [0.05, 0.1) is 5.97 Å². The number of carbonyl (C=O) groups is 2. The van der Waals surface area contributed by atoms with Gasteiger partial charge in [-0.3, -0.25) is 4.55 Å². The Labute approximate surface area is 248 Å². The first-order valence-electron chi connectivity index (χ1n) is 8.97. The van der Waals surface area contributed by atoms with Gasteiger partial charge in [-0.05, 0) is 19.3 Å². The van der Waals surface area contributed by atoms with Crippen molar-refractivity contribution >= 4 is 22.1 Å². The largest absolute Gasteiger partial charge is 1.00 e. The summed E-state index contributed by atoms with van der Waals surface area (Å²) in [5.74, 6) is -3.84. The van der Waals surface area contributed by atoms with Crippen LogP contribution in [-0.2, 0) is 19.7 Å². The minimum atomic E-state index is -5.25. The van der Waals surface area contributed by atoms with Crippen LogP contribution in [0.4, 0.5) is 0 Å². The summed E-state index contributed by atoms with van der Waals surface area (Å²) in [5.41, 5.74) is -2.23. The van der Waals surface area contributed by atoms with Gasteiger partial charge in [0.15, 0.2) is 0 Å². The maximum Gasteiger partial charge on any atom is 1.00 e. The van der Waals surface area contributed by atoms with Gasteiger partial charge >= 0.3 is 103 Å². The molecular weight excluding hydrogens is 426 g/mol. The molecule has 0 fully saturated rings. The molecule has 0 aromatic rings. The van der Waals surface area contributed by atoms with E-state index in [0.717, 1.165) is 19.3 Å². The summed E-state index contributed by atoms with van der Waals surface area (Å²) in [6, 6.07) is 0. The van der Waals surface area contributed by atoms with E-state index >= 15 is 0 Å². The van der Waals surface area contributed by atoms with Crippen molar-refractivity contribution in [2.45, 2.75) is 89.7 Å². The van der Waals surface area contributed by atoms with Crippen molar-refractivity contribution in [3.63, 3.8) is 0 Å². The van der Waals surface area contributed by atoms with Crippen LogP contribution in [0.5, 0.6) is 0 Å². The van der Waals surface area contributed by atoms with Gasteiger partial charge in [-0.15, -0.1) is 0 Å². The number of carboxylic acids is 2. The van der Waals surface area contributed by atoms with E-state index in [1.807, 2.05) is 6.92 Å². The summed E-state index contributed by atoms with van der Waals surface area (Å²) in [5, 5.41) is 23.9. The van der Waals surface area contributed by atoms with Crippen molar-refractivity contribution in [3.8, 4) is 0 Å². The molecule has 10 heteroatoms. The van der Waals surface area contributed by atoms with Crippen molar-refractivity contribution in [2.75, 3.05) is 0 Å². The van der Waals surface area contributed by atoms with E-state index < -0.39 is 38.6 Å². The van der Waals surface area contributed by atoms with E-state index in [2.05, 4.69) is 0 Å². The van der Waals surface area contributed by atoms with Gasteiger partial charge in [-0.2, -0.15) is 8.42 Å². The summed E-state index contributed by atoms with van der Waals surface area (Å²) in [4.78, 5) is 23.9. The molecule has 0 bridgehead atoms. The number of unbranched alkanes of at least 4 members (excludes halogenated alkanes) is 4. The van der Waals surface area contributed by atoms with Crippen LogP contribution in [0, 0.1) is 5.41 Å². The monoisotopic (exact) mass is 456 g/mol. The minimum absolute atomic E-state index is 0. The van der Waals surface area contributed by atoms with Gasteiger partial charge in [-0.25, -0.2) is 0 Å². The fraction of sp³-hybridized carbons (Fsp3) is 0.882. The molecule has 1 unspecified atom stereocenters. The second kappa shape index (κ2) is 15.9. The maximum absolute atomic E-state index is 12.2. The second-order valence-electron chi connectivity index (χ2n) is 6.62. The molecular formula is C17H30K2O7S. The van der Waals surface area contributed by atoms with Gasteiger partial charge in [0, 0.05) is 11.4 Å². The number of aliphatic carboxylic acids is 2. The molecule has 0 saturated heterocycles. The zero-order valence-corrected chi connectivity index (χ0v) is 24.4. The Morgan fingerprint density at radius 1 is 0.778 bits per heavy atom. The smallest absolute Gasteiger partial charge is 0.549 e. The second-order valence-corrected chi connectivity index (χ2v) is 8.27. The van der Waals surface area contributed by atoms with Crippen LogP contribution in [0.25, 0.3) is 0 Å². The number of rotatable bonds is 14. The molecule has 1 N–H and O–H groups in total. The third-order valence-electron chi connectivity index (χ3n) is 4.92. The summed E-state index contributed by atoms with van der Waals surface area (Å²) in [6.07, 6.45) is 2.81. The molecule has 0 heterocycles. The van der Waals surface area contributed by atoms with Crippen molar-refractivity contribution in [1.82, 2.24) is 0 Å². The topological polar surface area (TPSA) is 135 Å². The number of carboxylic acid groups (broad SMARTS) is 2. The van der Waals surface area contributed by atoms with Gasteiger partial charge in [-0.1, -0.05) is 65.7 Å². The Morgan fingerprint density at radius 3 is 1.52 bits per heavy atom. The minimum Gasteiger partial charge on any atom is -0.549 e. The first-order valence-corrected chi connectivity index (χ1v) is 10.4. The standard InChI is InChI=1S/C17H32O7S.2K/c1-4-7-8-9-10-13-17(15(20)21,25(22,23)24)16(11-5-2,12-6-3)14(18)19;;/h4-13H2,1-3H3,(H,18,19)(H,20,21)(H,22,23,24);;/q;2*+1/p-2. The Morgan fingerprint density at radius 2 is 1.22 bits per heavy atom. The zero-order chi connectivity index (χ0) is 19.7. The number of hydrogen-bond acceptors (Lipinski definition) is 6. The summed E-state index contributed by atoms with van der Waals surface area (Å²) >= 11 is 0. The van der Waals surface area contributed by atoms with Gasteiger partial charge in [0.1, 0.15) is 4.75 Å². The zero-order valence-electron chi connectivity index (χ0n) is 17.4. The molecule has 0 aromatic heterocycles. The molecule has 0 amide bonds. The van der Waals surface area contributed by atoms with E-state index in [0.29, 0.717) is 6.42 Å². The predicted octanol–water partition coefficient (Wildman–Crippen LogP) is -4.93. The molecule has 0 saturated carbocycles. The van der Waals surface area contributed by atoms with Crippen LogP contribution in [0.1, 0.15) is 85.0 Å². The maximum atomic E-state index is 12.2. The van der Waals surface area contributed by atoms with E-state index in [9.17, 15) is 32.8 Å². The summed E-state index contributed by atoms with van der Waals surface area (Å²) in [6.45, 7) is 5.24. The van der Waals surface area contributed by atoms with E-state index in [1.54, 1.807) is 13.8 Å². The van der Waals surface area contributed by atoms with Crippen molar-refractivity contribution in [3.05, 3.63) is 0 Å². The molecule has 7 nitrogen and oxygen atoms in total. The molecule has 27 heavy (non-hydrogen) atoms. The fourth-order valence-corrected chi connectivity index (χ4v) is 5.14. The van der Waals surface area contributed by atoms with Crippen LogP contribution >= 0.6 is 0 Å². The molecule has 0 aliphatic carbocycles. The van der Waals surface area contributed by atoms with Gasteiger partial charge < -0.3 is 19.8 Å². The van der Waals surface area contributed by atoms with E-state index in [4.69, 9.17) is 0 Å². The average molecular weight is 457 g/mol. The van der Waals surface area contributed by atoms with Crippen molar-refractivity contribution in [2.24, 2.45) is 5.41 Å². The fourth-order valence-electron chi connectivity index (χ4n) is 3.75. The number of hydrogen-bond donors (Lipinski definition) is 1. The van der Waals surface area contributed by atoms with Crippen molar-refractivity contribution < 1.29 is 136 Å². The molecule has 148 valence electrons. The first kappa shape index (κ1) is 33.8. The van der Waals surface area contributed by atoms with Gasteiger partial charge in [0.25, 0.3) is 10.1 Å². The quantitative estimate of drug-likeness (QED) is 0.157.